The topological polar surface area (TPSA) is 70.2 Å². The molecule has 0 spiro atoms. The SMILES string of the molecule is CCOC(=O)N1CCN(C(=O)C2CC(=O)N(c3cc(C)ccc3C)C2)CC1. The Morgan fingerprint density at radius 2 is 1.78 bits per heavy atom. The standard InChI is InChI=1S/C20H27N3O4/c1-4-27-20(26)22-9-7-21(8-10-22)19(25)16-12-18(24)23(13-16)17-11-14(2)5-6-15(17)3/h5-6,11,16H,4,7-10,12-13H2,1-3H3. The Morgan fingerprint density at radius 1 is 1.11 bits per heavy atom. The van der Waals surface area contributed by atoms with Gasteiger partial charge in [0.05, 0.1) is 12.5 Å². The van der Waals surface area contributed by atoms with Crippen LogP contribution in [0.5, 0.6) is 0 Å². The third-order valence-corrected chi connectivity index (χ3v) is 5.25. The lowest BCUT2D eigenvalue weighted by Gasteiger charge is -2.35. The highest BCUT2D eigenvalue weighted by Gasteiger charge is 2.38. The molecule has 2 heterocycles. The minimum absolute atomic E-state index is 0.000310. The molecule has 146 valence electrons. The van der Waals surface area contributed by atoms with Crippen molar-refractivity contribution in [3.8, 4) is 0 Å². The van der Waals surface area contributed by atoms with Crippen LogP contribution in [0.25, 0.3) is 0 Å². The average molecular weight is 373 g/mol. The van der Waals surface area contributed by atoms with Crippen molar-refractivity contribution in [1.29, 1.82) is 0 Å². The van der Waals surface area contributed by atoms with E-state index in [1.54, 1.807) is 21.6 Å². The molecule has 7 heteroatoms. The predicted octanol–water partition coefficient (Wildman–Crippen LogP) is 1.96. The van der Waals surface area contributed by atoms with Gasteiger partial charge in [-0.1, -0.05) is 12.1 Å². The maximum Gasteiger partial charge on any atom is 0.409 e. The van der Waals surface area contributed by atoms with E-state index in [-0.39, 0.29) is 30.2 Å². The van der Waals surface area contributed by atoms with E-state index in [0.717, 1.165) is 16.8 Å². The number of aryl methyl sites for hydroxylation is 2. The summed E-state index contributed by atoms with van der Waals surface area (Å²) < 4.78 is 5.01. The zero-order valence-corrected chi connectivity index (χ0v) is 16.2. The van der Waals surface area contributed by atoms with Crippen molar-refractivity contribution < 1.29 is 19.1 Å². The van der Waals surface area contributed by atoms with Gasteiger partial charge in [-0.3, -0.25) is 9.59 Å². The number of nitrogens with zero attached hydrogens (tertiary/aromatic N) is 3. The lowest BCUT2D eigenvalue weighted by molar-refractivity contribution is -0.137. The number of piperazine rings is 1. The van der Waals surface area contributed by atoms with Crippen LogP contribution in [0.4, 0.5) is 10.5 Å². The molecule has 0 radical (unpaired) electrons. The summed E-state index contributed by atoms with van der Waals surface area (Å²) in [4.78, 5) is 42.3. The van der Waals surface area contributed by atoms with Crippen LogP contribution in [0.2, 0.25) is 0 Å². The van der Waals surface area contributed by atoms with Crippen LogP contribution in [-0.2, 0) is 14.3 Å². The second-order valence-electron chi connectivity index (χ2n) is 7.21. The molecule has 3 amide bonds. The second-order valence-corrected chi connectivity index (χ2v) is 7.21. The summed E-state index contributed by atoms with van der Waals surface area (Å²) in [6, 6.07) is 6.02. The van der Waals surface area contributed by atoms with Crippen molar-refractivity contribution in [2.75, 3.05) is 44.2 Å². The van der Waals surface area contributed by atoms with Gasteiger partial charge in [0.1, 0.15) is 0 Å². The van der Waals surface area contributed by atoms with E-state index in [0.29, 0.717) is 39.3 Å². The monoisotopic (exact) mass is 373 g/mol. The summed E-state index contributed by atoms with van der Waals surface area (Å²) >= 11 is 0. The van der Waals surface area contributed by atoms with Crippen molar-refractivity contribution in [3.63, 3.8) is 0 Å². The van der Waals surface area contributed by atoms with E-state index < -0.39 is 0 Å². The van der Waals surface area contributed by atoms with Crippen LogP contribution in [0.15, 0.2) is 18.2 Å². The number of amides is 3. The van der Waals surface area contributed by atoms with Gasteiger partial charge in [0, 0.05) is 44.8 Å². The van der Waals surface area contributed by atoms with Crippen molar-refractivity contribution in [2.45, 2.75) is 27.2 Å². The van der Waals surface area contributed by atoms with Crippen LogP contribution in [-0.4, -0.2) is 67.0 Å². The van der Waals surface area contributed by atoms with Crippen molar-refractivity contribution >= 4 is 23.6 Å². The van der Waals surface area contributed by atoms with E-state index in [1.807, 2.05) is 32.0 Å². The smallest absolute Gasteiger partial charge is 0.409 e. The third-order valence-electron chi connectivity index (χ3n) is 5.25. The number of anilines is 1. The maximum absolute atomic E-state index is 12.9. The normalized spacial score (nSPS) is 20.2. The van der Waals surface area contributed by atoms with Gasteiger partial charge in [0.15, 0.2) is 0 Å². The molecule has 2 saturated heterocycles. The maximum atomic E-state index is 12.9. The van der Waals surface area contributed by atoms with Crippen LogP contribution in [0, 0.1) is 19.8 Å². The lowest BCUT2D eigenvalue weighted by Crippen LogP contribution is -2.52. The summed E-state index contributed by atoms with van der Waals surface area (Å²) in [5, 5.41) is 0. The first-order valence-electron chi connectivity index (χ1n) is 9.48. The van der Waals surface area contributed by atoms with Crippen LogP contribution in [0.3, 0.4) is 0 Å². The predicted molar refractivity (Wildman–Crippen MR) is 102 cm³/mol. The van der Waals surface area contributed by atoms with Crippen LogP contribution < -0.4 is 4.90 Å². The Kier molecular flexibility index (Phi) is 5.68. The first-order valence-corrected chi connectivity index (χ1v) is 9.48. The molecular weight excluding hydrogens is 346 g/mol. The van der Waals surface area contributed by atoms with Gasteiger partial charge in [0.25, 0.3) is 0 Å². The largest absolute Gasteiger partial charge is 0.450 e. The Bertz CT molecular complexity index is 741. The Balaban J connectivity index is 1.61. The number of rotatable bonds is 3. The molecule has 0 aliphatic carbocycles. The summed E-state index contributed by atoms with van der Waals surface area (Å²) in [6.45, 7) is 8.39. The fourth-order valence-electron chi connectivity index (χ4n) is 3.70. The molecule has 1 atom stereocenters. The number of hydrogen-bond acceptors (Lipinski definition) is 4. The molecule has 0 saturated carbocycles. The van der Waals surface area contributed by atoms with E-state index in [9.17, 15) is 14.4 Å². The lowest BCUT2D eigenvalue weighted by atomic mass is 10.1. The Hall–Kier alpha value is -2.57. The van der Waals surface area contributed by atoms with E-state index >= 15 is 0 Å². The quantitative estimate of drug-likeness (QED) is 0.812. The fraction of sp³-hybridized carbons (Fsp3) is 0.550. The highest BCUT2D eigenvalue weighted by Crippen LogP contribution is 2.29. The van der Waals surface area contributed by atoms with E-state index in [1.165, 1.54) is 0 Å². The van der Waals surface area contributed by atoms with Gasteiger partial charge < -0.3 is 19.4 Å². The molecule has 2 fully saturated rings. The second kappa shape index (κ2) is 7.98. The van der Waals surface area contributed by atoms with Gasteiger partial charge in [-0.15, -0.1) is 0 Å². The van der Waals surface area contributed by atoms with E-state index in [4.69, 9.17) is 4.74 Å². The molecule has 2 aliphatic rings. The molecule has 0 aromatic heterocycles. The average Bonchev–Trinajstić information content (AvgIpc) is 3.05. The van der Waals surface area contributed by atoms with Crippen molar-refractivity contribution in [2.24, 2.45) is 5.92 Å². The highest BCUT2D eigenvalue weighted by molar-refractivity contribution is 6.00. The minimum atomic E-state index is -0.332. The van der Waals surface area contributed by atoms with Crippen LogP contribution in [0.1, 0.15) is 24.5 Å². The fourth-order valence-corrected chi connectivity index (χ4v) is 3.70. The molecule has 0 N–H and O–H groups in total. The minimum Gasteiger partial charge on any atom is -0.450 e. The van der Waals surface area contributed by atoms with Crippen molar-refractivity contribution in [1.82, 2.24) is 9.80 Å². The molecule has 1 aromatic carbocycles. The highest BCUT2D eigenvalue weighted by atomic mass is 16.6. The molecule has 3 rings (SSSR count). The summed E-state index contributed by atoms with van der Waals surface area (Å²) in [5.41, 5.74) is 3.01. The van der Waals surface area contributed by atoms with E-state index in [2.05, 4.69) is 0 Å². The van der Waals surface area contributed by atoms with Crippen LogP contribution >= 0.6 is 0 Å². The number of carbonyl (C=O) groups is 3. The molecule has 1 aromatic rings. The molecule has 0 bridgehead atoms. The summed E-state index contributed by atoms with van der Waals surface area (Å²) in [6.07, 6.45) is -0.0913. The molecule has 27 heavy (non-hydrogen) atoms. The van der Waals surface area contributed by atoms with Gasteiger partial charge in [0.2, 0.25) is 11.8 Å². The third kappa shape index (κ3) is 4.07. The first kappa shape index (κ1) is 19.2. The number of benzene rings is 1. The van der Waals surface area contributed by atoms with Gasteiger partial charge in [-0.05, 0) is 38.0 Å². The molecular formula is C20H27N3O4. The Morgan fingerprint density at radius 3 is 2.44 bits per heavy atom. The van der Waals surface area contributed by atoms with Gasteiger partial charge in [-0.25, -0.2) is 4.79 Å². The zero-order chi connectivity index (χ0) is 19.6. The molecule has 1 unspecified atom stereocenters. The van der Waals surface area contributed by atoms with Gasteiger partial charge >= 0.3 is 6.09 Å². The van der Waals surface area contributed by atoms with Gasteiger partial charge in [-0.2, -0.15) is 0 Å². The molecule has 7 nitrogen and oxygen atoms in total. The number of hydrogen-bond donors (Lipinski definition) is 0. The Labute approximate surface area is 159 Å². The number of ether oxygens (including phenoxy) is 1. The summed E-state index contributed by atoms with van der Waals surface area (Å²) in [7, 11) is 0. The van der Waals surface area contributed by atoms with Crippen molar-refractivity contribution in [3.05, 3.63) is 29.3 Å². The number of carbonyl (C=O) groups excluding carboxylic acids is 3. The summed E-state index contributed by atoms with van der Waals surface area (Å²) in [5.74, 6) is -0.335. The molecule has 2 aliphatic heterocycles. The zero-order valence-electron chi connectivity index (χ0n) is 16.2. The first-order chi connectivity index (χ1) is 12.9.